The van der Waals surface area contributed by atoms with Crippen LogP contribution in [0.3, 0.4) is 0 Å². The Labute approximate surface area is 230 Å². The monoisotopic (exact) mass is 557 g/mol. The molecule has 6 rings (SSSR count). The summed E-state index contributed by atoms with van der Waals surface area (Å²) in [6, 6.07) is 8.76. The van der Waals surface area contributed by atoms with Gasteiger partial charge in [0.15, 0.2) is 16.9 Å². The highest BCUT2D eigenvalue weighted by Gasteiger charge is 2.40. The summed E-state index contributed by atoms with van der Waals surface area (Å²) in [7, 11) is 1.54. The summed E-state index contributed by atoms with van der Waals surface area (Å²) < 4.78 is 9.29. The predicted molar refractivity (Wildman–Crippen MR) is 147 cm³/mol. The lowest BCUT2D eigenvalue weighted by atomic mass is 10.1. The third kappa shape index (κ3) is 4.77. The molecule has 1 aromatic carbocycles. The van der Waals surface area contributed by atoms with Crippen molar-refractivity contribution in [1.29, 1.82) is 0 Å². The number of anilines is 1. The number of carbonyl (C=O) groups is 2. The highest BCUT2D eigenvalue weighted by atomic mass is 35.5. The van der Waals surface area contributed by atoms with Crippen molar-refractivity contribution in [3.05, 3.63) is 56.7 Å². The molecule has 3 aliphatic rings. The molecule has 3 aromatic rings. The predicted octanol–water partition coefficient (Wildman–Crippen LogP) is -0.142. The standard InChI is InChI=1S/C26H31N7O5.ClH/c1-29-23-22(24(36)33(26(29)37)15-20(34)17-5-3-2-4-6-17)32(16-21(35)30-9-11-38-12-10-30)25(28-23)31-8-7-18-13-27-14-19(18)31;/h2-6,18-19,27H,7-16H2,1H3;1H. The van der Waals surface area contributed by atoms with Crippen LogP contribution in [0.5, 0.6) is 0 Å². The molecular formula is C26H32ClN7O5. The number of fused-ring (bicyclic) bond motifs is 2. The molecule has 0 spiro atoms. The van der Waals surface area contributed by atoms with E-state index in [-0.39, 0.29) is 47.8 Å². The number of aromatic nitrogens is 4. The van der Waals surface area contributed by atoms with Crippen LogP contribution in [0.2, 0.25) is 0 Å². The van der Waals surface area contributed by atoms with Gasteiger partial charge in [0.1, 0.15) is 6.54 Å². The molecule has 39 heavy (non-hydrogen) atoms. The lowest BCUT2D eigenvalue weighted by Crippen LogP contribution is -2.44. The van der Waals surface area contributed by atoms with E-state index in [0.717, 1.165) is 30.6 Å². The Morgan fingerprint density at radius 1 is 1.03 bits per heavy atom. The molecule has 2 atom stereocenters. The first-order valence-corrected chi connectivity index (χ1v) is 13.0. The number of nitrogens with one attached hydrogen (secondary N) is 1. The first-order valence-electron chi connectivity index (χ1n) is 13.0. The maximum Gasteiger partial charge on any atom is 0.332 e. The lowest BCUT2D eigenvalue weighted by Gasteiger charge is -2.29. The van der Waals surface area contributed by atoms with Gasteiger partial charge in [0.25, 0.3) is 5.56 Å². The van der Waals surface area contributed by atoms with Crippen molar-refractivity contribution in [1.82, 2.24) is 28.9 Å². The zero-order valence-corrected chi connectivity index (χ0v) is 22.6. The van der Waals surface area contributed by atoms with Gasteiger partial charge in [-0.3, -0.25) is 28.1 Å². The molecule has 3 aliphatic heterocycles. The molecule has 13 heteroatoms. The van der Waals surface area contributed by atoms with Crippen LogP contribution in [0.25, 0.3) is 11.2 Å². The fourth-order valence-electron chi connectivity index (χ4n) is 5.87. The minimum Gasteiger partial charge on any atom is -0.378 e. The molecule has 0 radical (unpaired) electrons. The van der Waals surface area contributed by atoms with E-state index in [1.807, 2.05) is 0 Å². The first kappa shape index (κ1) is 27.1. The smallest absolute Gasteiger partial charge is 0.332 e. The van der Waals surface area contributed by atoms with E-state index in [0.29, 0.717) is 43.7 Å². The van der Waals surface area contributed by atoms with Gasteiger partial charge in [0.05, 0.1) is 19.8 Å². The van der Waals surface area contributed by atoms with Gasteiger partial charge in [0, 0.05) is 51.4 Å². The summed E-state index contributed by atoms with van der Waals surface area (Å²) in [6.07, 6.45) is 0.979. The normalized spacial score (nSPS) is 20.7. The number of benzene rings is 1. The Hall–Kier alpha value is -3.48. The number of morpholine rings is 1. The molecule has 0 saturated carbocycles. The van der Waals surface area contributed by atoms with Gasteiger partial charge in [-0.25, -0.2) is 4.79 Å². The third-order valence-corrected chi connectivity index (χ3v) is 7.97. The number of amides is 1. The van der Waals surface area contributed by atoms with Gasteiger partial charge < -0.3 is 19.9 Å². The number of ketones is 1. The Morgan fingerprint density at radius 3 is 2.51 bits per heavy atom. The summed E-state index contributed by atoms with van der Waals surface area (Å²) in [6.45, 7) is 3.86. The summed E-state index contributed by atoms with van der Waals surface area (Å²) >= 11 is 0. The minimum atomic E-state index is -0.624. The molecule has 3 saturated heterocycles. The number of aryl methyl sites for hydroxylation is 1. The molecule has 5 heterocycles. The molecule has 1 N–H and O–H groups in total. The van der Waals surface area contributed by atoms with Gasteiger partial charge in [-0.1, -0.05) is 30.3 Å². The molecule has 208 valence electrons. The van der Waals surface area contributed by atoms with E-state index in [4.69, 9.17) is 9.72 Å². The summed E-state index contributed by atoms with van der Waals surface area (Å²) in [5.74, 6) is 0.479. The van der Waals surface area contributed by atoms with Crippen molar-refractivity contribution >= 4 is 41.2 Å². The summed E-state index contributed by atoms with van der Waals surface area (Å²) in [5.41, 5.74) is -0.470. The number of hydrogen-bond donors (Lipinski definition) is 1. The molecule has 3 fully saturated rings. The Balaban J connectivity index is 0.00000308. The van der Waals surface area contributed by atoms with Crippen molar-refractivity contribution in [3.63, 3.8) is 0 Å². The highest BCUT2D eigenvalue weighted by Crippen LogP contribution is 2.32. The second kappa shape index (κ2) is 10.9. The first-order chi connectivity index (χ1) is 18.4. The van der Waals surface area contributed by atoms with Crippen LogP contribution in [0.1, 0.15) is 16.8 Å². The number of carbonyl (C=O) groups excluding carboxylic acids is 2. The number of rotatable bonds is 6. The number of nitrogens with zero attached hydrogens (tertiary/aromatic N) is 6. The minimum absolute atomic E-state index is 0. The van der Waals surface area contributed by atoms with Crippen molar-refractivity contribution in [3.8, 4) is 0 Å². The molecule has 1 amide bonds. The van der Waals surface area contributed by atoms with Gasteiger partial charge in [0.2, 0.25) is 11.9 Å². The van der Waals surface area contributed by atoms with Crippen LogP contribution in [0.15, 0.2) is 39.9 Å². The number of Topliss-reactive ketones (excluding diaryl/α,β-unsaturated/α-hetero) is 1. The van der Waals surface area contributed by atoms with E-state index in [2.05, 4.69) is 10.2 Å². The number of halogens is 1. The van der Waals surface area contributed by atoms with E-state index in [1.165, 1.54) is 4.57 Å². The topological polar surface area (TPSA) is 124 Å². The molecule has 0 aliphatic carbocycles. The van der Waals surface area contributed by atoms with Crippen LogP contribution >= 0.6 is 12.4 Å². The van der Waals surface area contributed by atoms with Crippen LogP contribution in [-0.4, -0.2) is 87.3 Å². The van der Waals surface area contributed by atoms with Gasteiger partial charge in [-0.2, -0.15) is 4.98 Å². The largest absolute Gasteiger partial charge is 0.378 e. The molecule has 0 bridgehead atoms. The number of imidazole rings is 1. The average molecular weight is 558 g/mol. The zero-order chi connectivity index (χ0) is 26.4. The third-order valence-electron chi connectivity index (χ3n) is 7.97. The van der Waals surface area contributed by atoms with Crippen LogP contribution in [0.4, 0.5) is 5.95 Å². The van der Waals surface area contributed by atoms with Crippen molar-refractivity contribution < 1.29 is 14.3 Å². The van der Waals surface area contributed by atoms with Crippen LogP contribution in [-0.2, 0) is 29.7 Å². The molecule has 12 nitrogen and oxygen atoms in total. The van der Waals surface area contributed by atoms with Crippen molar-refractivity contribution in [2.24, 2.45) is 13.0 Å². The van der Waals surface area contributed by atoms with Crippen LogP contribution in [0, 0.1) is 5.92 Å². The van der Waals surface area contributed by atoms with E-state index in [9.17, 15) is 19.2 Å². The second-order valence-corrected chi connectivity index (χ2v) is 10.2. The zero-order valence-electron chi connectivity index (χ0n) is 21.7. The average Bonchev–Trinajstić information content (AvgIpc) is 3.66. The fourth-order valence-corrected chi connectivity index (χ4v) is 5.87. The van der Waals surface area contributed by atoms with Crippen molar-refractivity contribution in [2.45, 2.75) is 25.6 Å². The summed E-state index contributed by atoms with van der Waals surface area (Å²) in [4.78, 5) is 62.1. The van der Waals surface area contributed by atoms with Crippen molar-refractivity contribution in [2.75, 3.05) is 50.8 Å². The molecule has 2 aromatic heterocycles. The SMILES string of the molecule is Cl.Cn1c(=O)n(CC(=O)c2ccccc2)c(=O)c2c1nc(N1CCC3CNCC31)n2CC(=O)N1CCOCC1. The van der Waals surface area contributed by atoms with E-state index >= 15 is 0 Å². The molecular weight excluding hydrogens is 526 g/mol. The molecule has 2 unspecified atom stereocenters. The van der Waals surface area contributed by atoms with Gasteiger partial charge in [-0.05, 0) is 12.3 Å². The van der Waals surface area contributed by atoms with E-state index < -0.39 is 17.8 Å². The van der Waals surface area contributed by atoms with Gasteiger partial charge in [-0.15, -0.1) is 12.4 Å². The number of ether oxygens (including phenoxy) is 1. The fraction of sp³-hybridized carbons (Fsp3) is 0.500. The number of hydrogen-bond acceptors (Lipinski definition) is 8. The lowest BCUT2D eigenvalue weighted by molar-refractivity contribution is -0.135. The van der Waals surface area contributed by atoms with Gasteiger partial charge >= 0.3 is 5.69 Å². The van der Waals surface area contributed by atoms with Crippen LogP contribution < -0.4 is 21.5 Å². The highest BCUT2D eigenvalue weighted by molar-refractivity contribution is 5.96. The maximum absolute atomic E-state index is 13.9. The second-order valence-electron chi connectivity index (χ2n) is 10.2. The Kier molecular flexibility index (Phi) is 7.61. The maximum atomic E-state index is 13.9. The quantitative estimate of drug-likeness (QED) is 0.415. The van der Waals surface area contributed by atoms with E-state index in [1.54, 1.807) is 46.8 Å². The Morgan fingerprint density at radius 2 is 1.77 bits per heavy atom. The Bertz CT molecular complexity index is 1510. The summed E-state index contributed by atoms with van der Waals surface area (Å²) in [5, 5.41) is 3.42.